The average molecular weight is 406 g/mol. The molecule has 0 amide bonds. The Bertz CT molecular complexity index is 881. The van der Waals surface area contributed by atoms with Crippen molar-refractivity contribution in [2.24, 2.45) is 0 Å². The smallest absolute Gasteiger partial charge is 0.229 e. The summed E-state index contributed by atoms with van der Waals surface area (Å²) in [5.41, 5.74) is 0.0143. The summed E-state index contributed by atoms with van der Waals surface area (Å²) in [7, 11) is 0. The lowest BCUT2D eigenvalue weighted by molar-refractivity contribution is -0.277. The highest BCUT2D eigenvalue weighted by Crippen LogP contribution is 2.40. The molecule has 1 aliphatic rings. The summed E-state index contributed by atoms with van der Waals surface area (Å²) >= 11 is 0. The SMILES string of the molecule is Cc1c(O)cc(O[C@@H]2O[C@H](CO)[C@@H](O)[C@H](O)[C@H]2O)c(C(=O)c2ccccc2)c1O. The first kappa shape index (κ1) is 21.0. The van der Waals surface area contributed by atoms with Gasteiger partial charge < -0.3 is 40.1 Å². The molecule has 6 N–H and O–H groups in total. The maximum absolute atomic E-state index is 13.0. The molecule has 156 valence electrons. The lowest BCUT2D eigenvalue weighted by atomic mass is 9.97. The highest BCUT2D eigenvalue weighted by molar-refractivity contribution is 6.12. The molecule has 0 aliphatic carbocycles. The van der Waals surface area contributed by atoms with Crippen LogP contribution in [0.1, 0.15) is 21.5 Å². The van der Waals surface area contributed by atoms with Gasteiger partial charge in [-0.15, -0.1) is 0 Å². The Labute approximate surface area is 166 Å². The second-order valence-electron chi connectivity index (χ2n) is 6.75. The molecule has 5 atom stereocenters. The van der Waals surface area contributed by atoms with Crippen molar-refractivity contribution in [2.75, 3.05) is 6.61 Å². The minimum absolute atomic E-state index is 0.0467. The van der Waals surface area contributed by atoms with Crippen LogP contribution in [0.25, 0.3) is 0 Å². The number of hydrogen-bond acceptors (Lipinski definition) is 9. The molecule has 1 saturated heterocycles. The van der Waals surface area contributed by atoms with Gasteiger partial charge in [-0.3, -0.25) is 4.79 Å². The van der Waals surface area contributed by atoms with Gasteiger partial charge in [-0.05, 0) is 6.92 Å². The molecule has 0 radical (unpaired) electrons. The zero-order chi connectivity index (χ0) is 21.3. The number of ketones is 1. The highest BCUT2D eigenvalue weighted by Gasteiger charge is 2.45. The van der Waals surface area contributed by atoms with Crippen molar-refractivity contribution in [2.45, 2.75) is 37.6 Å². The zero-order valence-corrected chi connectivity index (χ0v) is 15.5. The van der Waals surface area contributed by atoms with E-state index in [1.807, 2.05) is 0 Å². The van der Waals surface area contributed by atoms with Crippen LogP contribution in [0.4, 0.5) is 0 Å². The molecule has 29 heavy (non-hydrogen) atoms. The molecule has 2 aromatic carbocycles. The Morgan fingerprint density at radius 2 is 1.72 bits per heavy atom. The van der Waals surface area contributed by atoms with Gasteiger partial charge in [-0.1, -0.05) is 30.3 Å². The molecule has 9 heteroatoms. The number of aromatic hydroxyl groups is 2. The Kier molecular flexibility index (Phi) is 6.06. The number of hydrogen-bond donors (Lipinski definition) is 6. The predicted octanol–water partition coefficient (Wildman–Crippen LogP) is -0.184. The van der Waals surface area contributed by atoms with E-state index in [2.05, 4.69) is 0 Å². The molecule has 2 aromatic rings. The van der Waals surface area contributed by atoms with Gasteiger partial charge in [0.2, 0.25) is 12.1 Å². The van der Waals surface area contributed by atoms with Crippen molar-refractivity contribution in [3.05, 3.63) is 53.1 Å². The molecule has 1 aliphatic heterocycles. The van der Waals surface area contributed by atoms with E-state index in [9.17, 15) is 35.4 Å². The molecule has 0 bridgehead atoms. The molecule has 1 fully saturated rings. The van der Waals surface area contributed by atoms with Crippen molar-refractivity contribution in [1.82, 2.24) is 0 Å². The summed E-state index contributed by atoms with van der Waals surface area (Å²) in [4.78, 5) is 13.0. The first-order valence-corrected chi connectivity index (χ1v) is 8.88. The number of aliphatic hydroxyl groups excluding tert-OH is 4. The van der Waals surface area contributed by atoms with Gasteiger partial charge >= 0.3 is 0 Å². The number of benzene rings is 2. The summed E-state index contributed by atoms with van der Waals surface area (Å²) in [5.74, 6) is -1.79. The van der Waals surface area contributed by atoms with Crippen molar-refractivity contribution in [3.63, 3.8) is 0 Å². The number of rotatable bonds is 5. The first-order valence-electron chi connectivity index (χ1n) is 8.88. The third kappa shape index (κ3) is 3.91. The molecule has 3 rings (SSSR count). The summed E-state index contributed by atoms with van der Waals surface area (Å²) in [5, 5.41) is 59.8. The van der Waals surface area contributed by atoms with Crippen molar-refractivity contribution >= 4 is 5.78 Å². The number of phenolic OH excluding ortho intramolecular Hbond substituents is 2. The topological polar surface area (TPSA) is 157 Å². The van der Waals surface area contributed by atoms with Crippen LogP contribution in [0.3, 0.4) is 0 Å². The molecule has 0 spiro atoms. The summed E-state index contributed by atoms with van der Waals surface area (Å²) in [6.45, 7) is 0.745. The molecule has 0 saturated carbocycles. The molecular weight excluding hydrogens is 384 g/mol. The fourth-order valence-electron chi connectivity index (χ4n) is 3.07. The normalized spacial score (nSPS) is 26.9. The number of carbonyl (C=O) groups excluding carboxylic acids is 1. The lowest BCUT2D eigenvalue weighted by Gasteiger charge is -2.39. The average Bonchev–Trinajstić information content (AvgIpc) is 2.73. The largest absolute Gasteiger partial charge is 0.507 e. The summed E-state index contributed by atoms with van der Waals surface area (Å²) < 4.78 is 10.8. The minimum atomic E-state index is -1.72. The highest BCUT2D eigenvalue weighted by atomic mass is 16.7. The predicted molar refractivity (Wildman–Crippen MR) is 98.8 cm³/mol. The maximum Gasteiger partial charge on any atom is 0.229 e. The maximum atomic E-state index is 13.0. The van der Waals surface area contributed by atoms with Crippen LogP contribution in [0, 0.1) is 6.92 Å². The molecule has 9 nitrogen and oxygen atoms in total. The van der Waals surface area contributed by atoms with E-state index < -0.39 is 48.8 Å². The standard InChI is InChI=1S/C20H22O9/c1-9-11(22)7-12(14(15(9)23)16(24)10-5-3-2-4-6-10)28-20-19(27)18(26)17(25)13(8-21)29-20/h2-7,13,17-23,25-27H,8H2,1H3/t13-,17-,18+,19-,20-/m1/s1. The third-order valence-corrected chi connectivity index (χ3v) is 4.85. The number of aliphatic hydroxyl groups is 4. The fraction of sp³-hybridized carbons (Fsp3) is 0.350. The van der Waals surface area contributed by atoms with E-state index in [1.165, 1.54) is 19.1 Å². The van der Waals surface area contributed by atoms with Crippen LogP contribution in [-0.2, 0) is 4.74 Å². The Morgan fingerprint density at radius 1 is 1.07 bits per heavy atom. The van der Waals surface area contributed by atoms with E-state index in [1.54, 1.807) is 18.2 Å². The van der Waals surface area contributed by atoms with Gasteiger partial charge in [0.05, 0.1) is 6.61 Å². The van der Waals surface area contributed by atoms with Gasteiger partial charge in [-0.25, -0.2) is 0 Å². The van der Waals surface area contributed by atoms with Crippen LogP contribution in [0.15, 0.2) is 36.4 Å². The van der Waals surface area contributed by atoms with Gasteiger partial charge in [-0.2, -0.15) is 0 Å². The van der Waals surface area contributed by atoms with E-state index in [-0.39, 0.29) is 28.2 Å². The Balaban J connectivity index is 2.02. The van der Waals surface area contributed by atoms with Crippen LogP contribution in [0.5, 0.6) is 17.2 Å². The Hall–Kier alpha value is -2.69. The zero-order valence-electron chi connectivity index (χ0n) is 15.5. The number of carbonyl (C=O) groups is 1. The van der Waals surface area contributed by atoms with Crippen LogP contribution >= 0.6 is 0 Å². The van der Waals surface area contributed by atoms with Crippen molar-refractivity contribution in [3.8, 4) is 17.2 Å². The molecule has 0 unspecified atom stereocenters. The van der Waals surface area contributed by atoms with Gasteiger partial charge in [0.25, 0.3) is 0 Å². The Morgan fingerprint density at radius 3 is 2.34 bits per heavy atom. The summed E-state index contributed by atoms with van der Waals surface area (Å²) in [6.07, 6.45) is -7.81. The first-order chi connectivity index (χ1) is 13.8. The lowest BCUT2D eigenvalue weighted by Crippen LogP contribution is -2.60. The minimum Gasteiger partial charge on any atom is -0.507 e. The van der Waals surface area contributed by atoms with Gasteiger partial charge in [0, 0.05) is 17.2 Å². The number of ether oxygens (including phenoxy) is 2. The van der Waals surface area contributed by atoms with Crippen LogP contribution < -0.4 is 4.74 Å². The van der Waals surface area contributed by atoms with Crippen LogP contribution in [0.2, 0.25) is 0 Å². The van der Waals surface area contributed by atoms with E-state index in [4.69, 9.17) is 9.47 Å². The second kappa shape index (κ2) is 8.36. The van der Waals surface area contributed by atoms with Gasteiger partial charge in [0.15, 0.2) is 0 Å². The molecular formula is C20H22O9. The van der Waals surface area contributed by atoms with E-state index in [0.717, 1.165) is 6.07 Å². The van der Waals surface area contributed by atoms with E-state index >= 15 is 0 Å². The van der Waals surface area contributed by atoms with E-state index in [0.29, 0.717) is 0 Å². The summed E-state index contributed by atoms with van der Waals surface area (Å²) in [6, 6.07) is 9.12. The quantitative estimate of drug-likeness (QED) is 0.371. The second-order valence-corrected chi connectivity index (χ2v) is 6.75. The van der Waals surface area contributed by atoms with Gasteiger partial charge in [0.1, 0.15) is 47.2 Å². The van der Waals surface area contributed by atoms with Crippen molar-refractivity contribution in [1.29, 1.82) is 0 Å². The van der Waals surface area contributed by atoms with Crippen molar-refractivity contribution < 1.29 is 44.9 Å². The molecule has 1 heterocycles. The molecule has 0 aromatic heterocycles. The monoisotopic (exact) mass is 406 g/mol. The third-order valence-electron chi connectivity index (χ3n) is 4.85. The number of phenols is 2. The van der Waals surface area contributed by atoms with Crippen LogP contribution in [-0.4, -0.2) is 73.7 Å². The fourth-order valence-corrected chi connectivity index (χ4v) is 3.07.